The number of nitriles is 2. The monoisotopic (exact) mass is 545 g/mol. The van der Waals surface area contributed by atoms with E-state index in [2.05, 4.69) is 12.1 Å². The number of para-hydroxylation sites is 1. The van der Waals surface area contributed by atoms with E-state index in [4.69, 9.17) is 20.7 Å². The van der Waals surface area contributed by atoms with Gasteiger partial charge in [-0.25, -0.2) is 13.8 Å². The fourth-order valence-corrected chi connectivity index (χ4v) is 5.44. The molecule has 1 atom stereocenters. The number of hydrogen-bond donors (Lipinski definition) is 1. The number of Topliss-reactive ketones (excluding diaryl/α,β-unsaturated/α-hetero) is 1. The van der Waals surface area contributed by atoms with Crippen molar-refractivity contribution in [2.24, 2.45) is 5.73 Å². The molecule has 2 N–H and O–H groups in total. The smallest absolute Gasteiger partial charge is 0.224 e. The summed E-state index contributed by atoms with van der Waals surface area (Å²) in [5, 5.41) is 20.3. The van der Waals surface area contributed by atoms with E-state index in [1.165, 1.54) is 4.90 Å². The molecule has 0 saturated carbocycles. The second-order valence-corrected chi connectivity index (χ2v) is 9.73. The molecule has 4 aromatic rings. The minimum absolute atomic E-state index is 0.00980. The average molecular weight is 546 g/mol. The minimum atomic E-state index is -0.957. The van der Waals surface area contributed by atoms with Crippen molar-refractivity contribution in [1.82, 2.24) is 4.98 Å². The summed E-state index contributed by atoms with van der Waals surface area (Å²) in [6.07, 6.45) is 1.07. The summed E-state index contributed by atoms with van der Waals surface area (Å²) in [6, 6.07) is 22.8. The molecule has 200 valence electrons. The number of allylic oxidation sites excluding steroid dienone is 3. The first-order valence-electron chi connectivity index (χ1n) is 12.9. The van der Waals surface area contributed by atoms with Crippen LogP contribution in [0.2, 0.25) is 0 Å². The number of ether oxygens (including phenoxy) is 1. The number of carbonyl (C=O) groups is 1. The van der Waals surface area contributed by atoms with Crippen molar-refractivity contribution in [2.75, 3.05) is 4.90 Å². The summed E-state index contributed by atoms with van der Waals surface area (Å²) in [4.78, 5) is 19.6. The molecule has 7 nitrogen and oxygen atoms in total. The highest BCUT2D eigenvalue weighted by molar-refractivity contribution is 6.01. The molecule has 0 radical (unpaired) electrons. The van der Waals surface area contributed by atoms with E-state index >= 15 is 4.39 Å². The highest BCUT2D eigenvalue weighted by Crippen LogP contribution is 2.49. The maximum Gasteiger partial charge on any atom is 0.224 e. The summed E-state index contributed by atoms with van der Waals surface area (Å²) >= 11 is 0. The molecule has 1 unspecified atom stereocenters. The van der Waals surface area contributed by atoms with Crippen molar-refractivity contribution >= 4 is 22.4 Å². The third-order valence-electron chi connectivity index (χ3n) is 7.29. The van der Waals surface area contributed by atoms with E-state index in [-0.39, 0.29) is 40.7 Å². The van der Waals surface area contributed by atoms with E-state index in [0.29, 0.717) is 40.9 Å². The van der Waals surface area contributed by atoms with Gasteiger partial charge in [-0.15, -0.1) is 0 Å². The van der Waals surface area contributed by atoms with Crippen LogP contribution in [0.4, 0.5) is 14.5 Å². The highest BCUT2D eigenvalue weighted by atomic mass is 19.1. The van der Waals surface area contributed by atoms with Gasteiger partial charge < -0.3 is 10.5 Å². The van der Waals surface area contributed by atoms with Crippen LogP contribution in [0.5, 0.6) is 11.6 Å². The van der Waals surface area contributed by atoms with Crippen molar-refractivity contribution in [3.63, 3.8) is 0 Å². The molecule has 0 bridgehead atoms. The molecule has 3 aromatic carbocycles. The summed E-state index contributed by atoms with van der Waals surface area (Å²) in [5.41, 5.74) is 8.56. The van der Waals surface area contributed by atoms with E-state index in [1.54, 1.807) is 24.3 Å². The summed E-state index contributed by atoms with van der Waals surface area (Å²) in [6.45, 7) is 0. The van der Waals surface area contributed by atoms with Crippen molar-refractivity contribution in [3.8, 4) is 23.8 Å². The summed E-state index contributed by atoms with van der Waals surface area (Å²) in [7, 11) is 0. The van der Waals surface area contributed by atoms with Crippen LogP contribution in [-0.2, 0) is 4.79 Å². The van der Waals surface area contributed by atoms with E-state index < -0.39 is 17.6 Å². The van der Waals surface area contributed by atoms with Gasteiger partial charge in [0, 0.05) is 34.7 Å². The Hall–Kier alpha value is -5.54. The Morgan fingerprint density at radius 3 is 2.51 bits per heavy atom. The number of rotatable bonds is 4. The largest absolute Gasteiger partial charge is 0.439 e. The van der Waals surface area contributed by atoms with Crippen molar-refractivity contribution in [2.45, 2.75) is 25.2 Å². The fourth-order valence-electron chi connectivity index (χ4n) is 5.44. The van der Waals surface area contributed by atoms with E-state index in [0.717, 1.165) is 23.6 Å². The number of halogens is 2. The highest BCUT2D eigenvalue weighted by Gasteiger charge is 2.42. The van der Waals surface area contributed by atoms with Gasteiger partial charge in [0.1, 0.15) is 23.2 Å². The molecule has 41 heavy (non-hydrogen) atoms. The van der Waals surface area contributed by atoms with Crippen LogP contribution in [0.3, 0.4) is 0 Å². The molecule has 1 aliphatic heterocycles. The molecule has 0 saturated heterocycles. The first-order chi connectivity index (χ1) is 19.9. The molecular formula is C32H21F2N5O2. The van der Waals surface area contributed by atoms with Crippen LogP contribution in [-0.4, -0.2) is 10.8 Å². The number of hydrogen-bond acceptors (Lipinski definition) is 7. The van der Waals surface area contributed by atoms with Crippen LogP contribution in [0.25, 0.3) is 10.9 Å². The molecule has 9 heteroatoms. The zero-order chi connectivity index (χ0) is 28.7. The number of benzene rings is 3. The molecular weight excluding hydrogens is 524 g/mol. The van der Waals surface area contributed by atoms with Gasteiger partial charge in [-0.05, 0) is 61.4 Å². The second kappa shape index (κ2) is 10.2. The lowest BCUT2D eigenvalue weighted by atomic mass is 9.75. The molecule has 1 aliphatic carbocycles. The van der Waals surface area contributed by atoms with Crippen LogP contribution in [0.15, 0.2) is 95.5 Å². The third-order valence-corrected chi connectivity index (χ3v) is 7.29. The molecule has 1 aromatic heterocycles. The lowest BCUT2D eigenvalue weighted by molar-refractivity contribution is -0.116. The number of nitrogens with zero attached hydrogens (tertiary/aromatic N) is 4. The standard InChI is InChI=1S/C32H21F2N5O2/c33-20-10-13-24(34)27(15-20)39-26-6-3-7-28(40)30(26)29(23(17-36)31(39)37)22-14-19-4-1-2-5-25(19)38-32(22)41-21-11-8-18(16-35)9-12-21/h1-2,4-5,8-15,29H,3,6-7,37H2. The Kier molecular flexibility index (Phi) is 6.41. The number of anilines is 1. The van der Waals surface area contributed by atoms with Gasteiger partial charge >= 0.3 is 0 Å². The second-order valence-electron chi connectivity index (χ2n) is 9.73. The molecule has 2 aliphatic rings. The van der Waals surface area contributed by atoms with Crippen LogP contribution >= 0.6 is 0 Å². The lowest BCUT2D eigenvalue weighted by Crippen LogP contribution is -2.39. The molecule has 0 fully saturated rings. The Bertz CT molecular complexity index is 1880. The average Bonchev–Trinajstić information content (AvgIpc) is 2.98. The van der Waals surface area contributed by atoms with Crippen molar-refractivity contribution in [1.29, 1.82) is 10.5 Å². The number of ketones is 1. The number of aromatic nitrogens is 1. The zero-order valence-corrected chi connectivity index (χ0v) is 21.6. The summed E-state index contributed by atoms with van der Waals surface area (Å²) in [5.74, 6) is -2.17. The maximum atomic E-state index is 15.0. The third kappa shape index (κ3) is 4.44. The Labute approximate surface area is 234 Å². The van der Waals surface area contributed by atoms with Gasteiger partial charge in [0.15, 0.2) is 5.78 Å². The lowest BCUT2D eigenvalue weighted by Gasteiger charge is -2.39. The SMILES string of the molecule is N#CC1=C(N)N(c2cc(F)ccc2F)C2=C(C(=O)CCC2)C1c1cc2ccccc2nc1Oc1ccc(C#N)cc1. The zero-order valence-electron chi connectivity index (χ0n) is 21.6. The molecule has 0 amide bonds. The van der Waals surface area contributed by atoms with Crippen LogP contribution in [0, 0.1) is 34.3 Å². The fraction of sp³-hybridized carbons (Fsp3) is 0.125. The first-order valence-corrected chi connectivity index (χ1v) is 12.9. The predicted octanol–water partition coefficient (Wildman–Crippen LogP) is 6.48. The topological polar surface area (TPSA) is 116 Å². The van der Waals surface area contributed by atoms with E-state index in [1.807, 2.05) is 30.3 Å². The van der Waals surface area contributed by atoms with Gasteiger partial charge in [-0.2, -0.15) is 10.5 Å². The predicted molar refractivity (Wildman–Crippen MR) is 147 cm³/mol. The number of fused-ring (bicyclic) bond motifs is 1. The Morgan fingerprint density at radius 2 is 1.76 bits per heavy atom. The van der Waals surface area contributed by atoms with Crippen LogP contribution < -0.4 is 15.4 Å². The quantitative estimate of drug-likeness (QED) is 0.312. The summed E-state index contributed by atoms with van der Waals surface area (Å²) < 4.78 is 35.5. The van der Waals surface area contributed by atoms with Crippen molar-refractivity contribution in [3.05, 3.63) is 118 Å². The Balaban J connectivity index is 1.60. The van der Waals surface area contributed by atoms with Gasteiger partial charge in [0.2, 0.25) is 5.88 Å². The van der Waals surface area contributed by atoms with Crippen molar-refractivity contribution < 1.29 is 18.3 Å². The van der Waals surface area contributed by atoms with Gasteiger partial charge in [-0.1, -0.05) is 18.2 Å². The number of pyridine rings is 1. The van der Waals surface area contributed by atoms with Crippen LogP contribution in [0.1, 0.15) is 36.3 Å². The van der Waals surface area contributed by atoms with E-state index in [9.17, 15) is 14.4 Å². The molecule has 6 rings (SSSR count). The molecule has 2 heterocycles. The normalized spacial score (nSPS) is 16.8. The van der Waals surface area contributed by atoms with Gasteiger partial charge in [-0.3, -0.25) is 9.69 Å². The first kappa shape index (κ1) is 25.7. The van der Waals surface area contributed by atoms with Gasteiger partial charge in [0.05, 0.1) is 40.4 Å². The number of carbonyl (C=O) groups excluding carboxylic acids is 1. The molecule has 0 spiro atoms. The Morgan fingerprint density at radius 1 is 0.976 bits per heavy atom. The maximum absolute atomic E-state index is 15.0. The number of nitrogens with two attached hydrogens (primary N) is 1. The minimum Gasteiger partial charge on any atom is -0.439 e. The van der Waals surface area contributed by atoms with Gasteiger partial charge in [0.25, 0.3) is 0 Å².